The summed E-state index contributed by atoms with van der Waals surface area (Å²) in [5.41, 5.74) is 1.56. The van der Waals surface area contributed by atoms with Crippen molar-refractivity contribution in [3.8, 4) is 0 Å². The molecule has 1 aromatic rings. The van der Waals surface area contributed by atoms with Crippen LogP contribution in [-0.4, -0.2) is 40.5 Å². The fourth-order valence-corrected chi connectivity index (χ4v) is 3.27. The van der Waals surface area contributed by atoms with Gasteiger partial charge in [-0.25, -0.2) is 5.01 Å². The van der Waals surface area contributed by atoms with Crippen LogP contribution in [0.5, 0.6) is 0 Å². The Kier molecular flexibility index (Phi) is 5.62. The summed E-state index contributed by atoms with van der Waals surface area (Å²) in [4.78, 5) is 26.8. The Morgan fingerprint density at radius 1 is 0.958 bits per heavy atom. The summed E-state index contributed by atoms with van der Waals surface area (Å²) in [6.45, 7) is 2.05. The molecule has 128 valence electrons. The first-order valence-corrected chi connectivity index (χ1v) is 8.95. The Morgan fingerprint density at radius 3 is 2.33 bits per heavy atom. The number of nitrogens with zero attached hydrogens (tertiary/aromatic N) is 3. The Balaban J connectivity index is 1.70. The van der Waals surface area contributed by atoms with Crippen LogP contribution in [0.1, 0.15) is 50.5 Å². The molecule has 0 aliphatic carbocycles. The minimum Gasteiger partial charge on any atom is -0.338 e. The van der Waals surface area contributed by atoms with Crippen molar-refractivity contribution in [1.82, 2.24) is 9.91 Å². The predicted octanol–water partition coefficient (Wildman–Crippen LogP) is 2.96. The van der Waals surface area contributed by atoms with E-state index >= 15 is 0 Å². The van der Waals surface area contributed by atoms with E-state index in [0.717, 1.165) is 31.5 Å². The van der Waals surface area contributed by atoms with Gasteiger partial charge in [0, 0.05) is 25.9 Å². The summed E-state index contributed by atoms with van der Waals surface area (Å²) in [6, 6.07) is 9.77. The zero-order chi connectivity index (χ0) is 16.8. The molecule has 24 heavy (non-hydrogen) atoms. The average Bonchev–Trinajstić information content (AvgIpc) is 2.57. The van der Waals surface area contributed by atoms with E-state index in [1.807, 2.05) is 35.2 Å². The van der Waals surface area contributed by atoms with Crippen LogP contribution in [0.3, 0.4) is 0 Å². The van der Waals surface area contributed by atoms with Crippen LogP contribution >= 0.6 is 0 Å². The lowest BCUT2D eigenvalue weighted by molar-refractivity contribution is -0.132. The highest BCUT2D eigenvalue weighted by Crippen LogP contribution is 2.17. The van der Waals surface area contributed by atoms with Crippen LogP contribution in [0.4, 0.5) is 0 Å². The summed E-state index contributed by atoms with van der Waals surface area (Å²) in [7, 11) is 0. The SMILES string of the molecule is O=C(C1=NN(Cc2ccccc2)C(=O)CC1)N1CCCCCCC1. The fraction of sp³-hybridized carbons (Fsp3) is 0.526. The summed E-state index contributed by atoms with van der Waals surface area (Å²) in [5, 5.41) is 5.85. The van der Waals surface area contributed by atoms with Gasteiger partial charge in [-0.05, 0) is 18.4 Å². The zero-order valence-corrected chi connectivity index (χ0v) is 14.1. The Labute approximate surface area is 143 Å². The summed E-state index contributed by atoms with van der Waals surface area (Å²) < 4.78 is 0. The summed E-state index contributed by atoms with van der Waals surface area (Å²) in [6.07, 6.45) is 6.59. The number of amides is 2. The lowest BCUT2D eigenvalue weighted by Gasteiger charge is -2.28. The number of hydrogen-bond acceptors (Lipinski definition) is 3. The van der Waals surface area contributed by atoms with Crippen LogP contribution in [0.25, 0.3) is 0 Å². The van der Waals surface area contributed by atoms with E-state index in [4.69, 9.17) is 0 Å². The van der Waals surface area contributed by atoms with Crippen LogP contribution in [-0.2, 0) is 16.1 Å². The van der Waals surface area contributed by atoms with E-state index in [1.54, 1.807) is 0 Å². The van der Waals surface area contributed by atoms with Crippen LogP contribution in [0.2, 0.25) is 0 Å². The molecule has 0 saturated carbocycles. The highest BCUT2D eigenvalue weighted by atomic mass is 16.2. The van der Waals surface area contributed by atoms with Gasteiger partial charge in [0.1, 0.15) is 5.71 Å². The fourth-order valence-electron chi connectivity index (χ4n) is 3.27. The van der Waals surface area contributed by atoms with Gasteiger partial charge in [-0.3, -0.25) is 9.59 Å². The number of likely N-dealkylation sites (tertiary alicyclic amines) is 1. The highest BCUT2D eigenvalue weighted by molar-refractivity contribution is 6.39. The third-order valence-electron chi connectivity index (χ3n) is 4.67. The van der Waals surface area contributed by atoms with E-state index in [-0.39, 0.29) is 11.8 Å². The minimum atomic E-state index is -0.0110. The maximum Gasteiger partial charge on any atom is 0.270 e. The number of rotatable bonds is 3. The molecule has 0 aromatic heterocycles. The first-order chi connectivity index (χ1) is 11.7. The second-order valence-corrected chi connectivity index (χ2v) is 6.54. The molecule has 0 unspecified atom stereocenters. The molecule has 0 radical (unpaired) electrons. The molecule has 0 N–H and O–H groups in total. The molecule has 1 saturated heterocycles. The van der Waals surface area contributed by atoms with Gasteiger partial charge in [-0.2, -0.15) is 5.10 Å². The third-order valence-corrected chi connectivity index (χ3v) is 4.67. The van der Waals surface area contributed by atoms with E-state index in [0.29, 0.717) is 25.1 Å². The van der Waals surface area contributed by atoms with Gasteiger partial charge in [0.2, 0.25) is 5.91 Å². The molecule has 3 rings (SSSR count). The first kappa shape index (κ1) is 16.7. The Morgan fingerprint density at radius 2 is 1.62 bits per heavy atom. The average molecular weight is 327 g/mol. The number of hydrogen-bond donors (Lipinski definition) is 0. The molecule has 2 heterocycles. The topological polar surface area (TPSA) is 53.0 Å². The molecule has 1 aromatic carbocycles. The Bertz CT molecular complexity index is 604. The summed E-state index contributed by atoms with van der Waals surface area (Å²) >= 11 is 0. The standard InChI is InChI=1S/C19H25N3O2/c23-18-12-11-17(19(24)21-13-7-2-1-3-8-14-21)20-22(18)15-16-9-5-4-6-10-16/h4-6,9-10H,1-3,7-8,11-15H2. The number of carbonyl (C=O) groups is 2. The first-order valence-electron chi connectivity index (χ1n) is 8.95. The zero-order valence-electron chi connectivity index (χ0n) is 14.1. The minimum absolute atomic E-state index is 0.0110. The van der Waals surface area contributed by atoms with Crippen LogP contribution < -0.4 is 0 Å². The van der Waals surface area contributed by atoms with Crippen molar-refractivity contribution in [2.45, 2.75) is 51.5 Å². The normalized spacial score (nSPS) is 19.5. The van der Waals surface area contributed by atoms with Crippen molar-refractivity contribution in [3.63, 3.8) is 0 Å². The second kappa shape index (κ2) is 8.08. The van der Waals surface area contributed by atoms with Crippen LogP contribution in [0.15, 0.2) is 35.4 Å². The molecule has 0 spiro atoms. The number of benzene rings is 1. The van der Waals surface area contributed by atoms with Crippen LogP contribution in [0, 0.1) is 0 Å². The lowest BCUT2D eigenvalue weighted by atomic mass is 10.1. The molecule has 2 aliphatic heterocycles. The van der Waals surface area contributed by atoms with Gasteiger partial charge < -0.3 is 4.90 Å². The molecule has 5 heteroatoms. The van der Waals surface area contributed by atoms with Gasteiger partial charge in [0.05, 0.1) is 6.54 Å². The second-order valence-electron chi connectivity index (χ2n) is 6.54. The van der Waals surface area contributed by atoms with Gasteiger partial charge in [-0.15, -0.1) is 0 Å². The van der Waals surface area contributed by atoms with Gasteiger partial charge in [-0.1, -0.05) is 49.6 Å². The maximum atomic E-state index is 12.8. The van der Waals surface area contributed by atoms with E-state index in [2.05, 4.69) is 5.10 Å². The van der Waals surface area contributed by atoms with Crippen molar-refractivity contribution in [1.29, 1.82) is 0 Å². The Hall–Kier alpha value is -2.17. The largest absolute Gasteiger partial charge is 0.338 e. The molecular weight excluding hydrogens is 302 g/mol. The van der Waals surface area contributed by atoms with Gasteiger partial charge in [0.15, 0.2) is 0 Å². The van der Waals surface area contributed by atoms with E-state index < -0.39 is 0 Å². The van der Waals surface area contributed by atoms with Crippen molar-refractivity contribution in [3.05, 3.63) is 35.9 Å². The molecule has 0 atom stereocenters. The number of carbonyl (C=O) groups excluding carboxylic acids is 2. The van der Waals surface area contributed by atoms with Gasteiger partial charge in [0.25, 0.3) is 5.91 Å². The highest BCUT2D eigenvalue weighted by Gasteiger charge is 2.27. The van der Waals surface area contributed by atoms with E-state index in [9.17, 15) is 9.59 Å². The monoisotopic (exact) mass is 327 g/mol. The number of hydrazone groups is 1. The molecule has 2 aliphatic rings. The lowest BCUT2D eigenvalue weighted by Crippen LogP contribution is -2.42. The van der Waals surface area contributed by atoms with Crippen molar-refractivity contribution < 1.29 is 9.59 Å². The molecule has 1 fully saturated rings. The van der Waals surface area contributed by atoms with Crippen molar-refractivity contribution in [2.24, 2.45) is 5.10 Å². The third kappa shape index (κ3) is 4.22. The predicted molar refractivity (Wildman–Crippen MR) is 93.3 cm³/mol. The van der Waals surface area contributed by atoms with E-state index in [1.165, 1.54) is 24.3 Å². The smallest absolute Gasteiger partial charge is 0.270 e. The maximum absolute atomic E-state index is 12.8. The van der Waals surface area contributed by atoms with Crippen molar-refractivity contribution in [2.75, 3.05) is 13.1 Å². The van der Waals surface area contributed by atoms with Crippen molar-refractivity contribution >= 4 is 17.5 Å². The molecule has 0 bridgehead atoms. The van der Waals surface area contributed by atoms with Gasteiger partial charge >= 0.3 is 0 Å². The molecular formula is C19H25N3O2. The summed E-state index contributed by atoms with van der Waals surface area (Å²) in [5.74, 6) is 0.00512. The quantitative estimate of drug-likeness (QED) is 0.857. The molecule has 2 amide bonds. The molecule has 5 nitrogen and oxygen atoms in total.